The minimum atomic E-state index is -0.356. The maximum Gasteiger partial charge on any atom is 0.0611 e. The molecule has 0 aliphatic heterocycles. The van der Waals surface area contributed by atoms with Crippen molar-refractivity contribution >= 4 is 0 Å². The molecule has 3 N–H and O–H groups in total. The molecule has 0 radical (unpaired) electrons. The van der Waals surface area contributed by atoms with Crippen LogP contribution in [0.5, 0.6) is 0 Å². The van der Waals surface area contributed by atoms with E-state index in [1.807, 2.05) is 0 Å². The molecular formula is C23H37NO2. The molecule has 3 rings (SSSR count). The number of ether oxygens (including phenoxy) is 1. The predicted octanol–water partition coefficient (Wildman–Crippen LogP) is 4.34. The van der Waals surface area contributed by atoms with E-state index < -0.39 is 0 Å². The van der Waals surface area contributed by atoms with Crippen molar-refractivity contribution in [1.29, 1.82) is 0 Å². The lowest BCUT2D eigenvalue weighted by Crippen LogP contribution is -2.40. The van der Waals surface area contributed by atoms with Crippen molar-refractivity contribution in [3.8, 4) is 0 Å². The Labute approximate surface area is 159 Å². The molecule has 0 saturated heterocycles. The van der Waals surface area contributed by atoms with Gasteiger partial charge in [0.1, 0.15) is 0 Å². The number of nitrogens with two attached hydrogens (primary N) is 1. The SMILES string of the molecule is CC(C)OCCCC[C@@H]1CCc2cc([C@H]3CC[C@@](N)(CO)C3)ccc2C1. The molecule has 2 aliphatic carbocycles. The third-order valence-electron chi connectivity index (χ3n) is 6.45. The highest BCUT2D eigenvalue weighted by Crippen LogP contribution is 2.40. The quantitative estimate of drug-likeness (QED) is 0.679. The van der Waals surface area contributed by atoms with Gasteiger partial charge in [-0.05, 0) is 87.3 Å². The summed E-state index contributed by atoms with van der Waals surface area (Å²) in [5.74, 6) is 1.36. The zero-order chi connectivity index (χ0) is 18.6. The number of unbranched alkanes of at least 4 members (excludes halogenated alkanes) is 1. The number of benzene rings is 1. The van der Waals surface area contributed by atoms with Crippen molar-refractivity contribution in [3.63, 3.8) is 0 Å². The van der Waals surface area contributed by atoms with E-state index in [-0.39, 0.29) is 12.1 Å². The number of hydrogen-bond donors (Lipinski definition) is 2. The van der Waals surface area contributed by atoms with Crippen molar-refractivity contribution in [1.82, 2.24) is 0 Å². The van der Waals surface area contributed by atoms with Crippen LogP contribution in [0, 0.1) is 5.92 Å². The van der Waals surface area contributed by atoms with Gasteiger partial charge in [0.05, 0.1) is 12.7 Å². The zero-order valence-corrected chi connectivity index (χ0v) is 16.7. The van der Waals surface area contributed by atoms with Gasteiger partial charge in [-0.2, -0.15) is 0 Å². The van der Waals surface area contributed by atoms with Crippen LogP contribution in [0.2, 0.25) is 0 Å². The highest BCUT2D eigenvalue weighted by Gasteiger charge is 2.36. The number of aliphatic hydroxyl groups excluding tert-OH is 1. The standard InChI is InChI=1S/C23H37NO2/c1-17(2)26-12-4-3-5-18-6-7-20-14-21(9-8-19(20)13-18)22-10-11-23(24,15-22)16-25/h8-9,14,17-18,22,25H,3-7,10-13,15-16,24H2,1-2H3/t18-,22+,23+/m1/s1. The molecule has 0 amide bonds. The molecule has 1 aromatic rings. The molecule has 0 unspecified atom stereocenters. The van der Waals surface area contributed by atoms with E-state index in [1.165, 1.54) is 44.1 Å². The summed E-state index contributed by atoms with van der Waals surface area (Å²) in [6.45, 7) is 5.23. The van der Waals surface area contributed by atoms with Gasteiger partial charge in [-0.1, -0.05) is 31.0 Å². The summed E-state index contributed by atoms with van der Waals surface area (Å²) in [4.78, 5) is 0. The largest absolute Gasteiger partial charge is 0.394 e. The van der Waals surface area contributed by atoms with E-state index in [9.17, 15) is 5.11 Å². The van der Waals surface area contributed by atoms with Crippen LogP contribution in [0.3, 0.4) is 0 Å². The average molecular weight is 360 g/mol. The smallest absolute Gasteiger partial charge is 0.0611 e. The summed E-state index contributed by atoms with van der Waals surface area (Å²) in [7, 11) is 0. The molecule has 0 heterocycles. The Bertz CT molecular complexity index is 586. The van der Waals surface area contributed by atoms with Crippen LogP contribution in [0.4, 0.5) is 0 Å². The van der Waals surface area contributed by atoms with Crippen LogP contribution in [-0.2, 0) is 17.6 Å². The first kappa shape index (κ1) is 19.9. The van der Waals surface area contributed by atoms with Gasteiger partial charge in [0.15, 0.2) is 0 Å². The maximum atomic E-state index is 9.51. The van der Waals surface area contributed by atoms with Gasteiger partial charge < -0.3 is 15.6 Å². The first-order valence-electron chi connectivity index (χ1n) is 10.6. The Morgan fingerprint density at radius 3 is 2.81 bits per heavy atom. The van der Waals surface area contributed by atoms with Crippen molar-refractivity contribution < 1.29 is 9.84 Å². The van der Waals surface area contributed by atoms with Crippen LogP contribution in [0.15, 0.2) is 18.2 Å². The molecule has 26 heavy (non-hydrogen) atoms. The summed E-state index contributed by atoms with van der Waals surface area (Å²) in [6.07, 6.45) is 10.9. The van der Waals surface area contributed by atoms with Gasteiger partial charge in [-0.15, -0.1) is 0 Å². The lowest BCUT2D eigenvalue weighted by Gasteiger charge is -2.26. The second-order valence-corrected chi connectivity index (χ2v) is 9.01. The molecule has 1 fully saturated rings. The third-order valence-corrected chi connectivity index (χ3v) is 6.45. The van der Waals surface area contributed by atoms with Gasteiger partial charge >= 0.3 is 0 Å². The highest BCUT2D eigenvalue weighted by atomic mass is 16.5. The average Bonchev–Trinajstić information content (AvgIpc) is 3.04. The van der Waals surface area contributed by atoms with Crippen LogP contribution in [0.25, 0.3) is 0 Å². The molecule has 3 atom stereocenters. The Kier molecular flexibility index (Phi) is 6.76. The topological polar surface area (TPSA) is 55.5 Å². The predicted molar refractivity (Wildman–Crippen MR) is 107 cm³/mol. The normalized spacial score (nSPS) is 28.5. The van der Waals surface area contributed by atoms with E-state index >= 15 is 0 Å². The summed E-state index contributed by atoms with van der Waals surface area (Å²) >= 11 is 0. The van der Waals surface area contributed by atoms with Crippen molar-refractivity contribution in [2.75, 3.05) is 13.2 Å². The van der Waals surface area contributed by atoms with E-state index in [4.69, 9.17) is 10.5 Å². The van der Waals surface area contributed by atoms with Gasteiger partial charge in [0.2, 0.25) is 0 Å². The van der Waals surface area contributed by atoms with E-state index in [0.717, 1.165) is 31.8 Å². The molecule has 146 valence electrons. The molecule has 0 aromatic heterocycles. The lowest BCUT2D eigenvalue weighted by molar-refractivity contribution is 0.0750. The van der Waals surface area contributed by atoms with Crippen LogP contribution >= 0.6 is 0 Å². The second kappa shape index (κ2) is 8.86. The first-order valence-corrected chi connectivity index (χ1v) is 10.6. The Morgan fingerprint density at radius 1 is 1.23 bits per heavy atom. The Hall–Kier alpha value is -0.900. The summed E-state index contributed by atoms with van der Waals surface area (Å²) in [5.41, 5.74) is 10.5. The number of aliphatic hydroxyl groups is 1. The molecule has 1 aromatic carbocycles. The molecule has 3 heteroatoms. The molecule has 0 spiro atoms. The van der Waals surface area contributed by atoms with Gasteiger partial charge in [0, 0.05) is 12.1 Å². The van der Waals surface area contributed by atoms with Crippen LogP contribution in [-0.4, -0.2) is 30.0 Å². The van der Waals surface area contributed by atoms with E-state index in [2.05, 4.69) is 32.0 Å². The molecule has 3 nitrogen and oxygen atoms in total. The van der Waals surface area contributed by atoms with Crippen LogP contribution < -0.4 is 5.73 Å². The summed E-state index contributed by atoms with van der Waals surface area (Å²) in [5, 5.41) is 9.51. The fraction of sp³-hybridized carbons (Fsp3) is 0.739. The van der Waals surface area contributed by atoms with Gasteiger partial charge in [0.25, 0.3) is 0 Å². The number of rotatable bonds is 8. The maximum absolute atomic E-state index is 9.51. The molecule has 0 bridgehead atoms. The molecular weight excluding hydrogens is 322 g/mol. The van der Waals surface area contributed by atoms with Crippen molar-refractivity contribution in [3.05, 3.63) is 34.9 Å². The van der Waals surface area contributed by atoms with Crippen molar-refractivity contribution in [2.24, 2.45) is 11.7 Å². The zero-order valence-electron chi connectivity index (χ0n) is 16.7. The monoisotopic (exact) mass is 359 g/mol. The minimum absolute atomic E-state index is 0.109. The third kappa shape index (κ3) is 5.09. The fourth-order valence-electron chi connectivity index (χ4n) is 4.79. The summed E-state index contributed by atoms with van der Waals surface area (Å²) in [6, 6.07) is 7.13. The Balaban J connectivity index is 1.50. The first-order chi connectivity index (χ1) is 12.5. The van der Waals surface area contributed by atoms with Gasteiger partial charge in [-0.3, -0.25) is 0 Å². The lowest BCUT2D eigenvalue weighted by atomic mass is 9.80. The highest BCUT2D eigenvalue weighted by molar-refractivity contribution is 5.36. The number of hydrogen-bond acceptors (Lipinski definition) is 3. The van der Waals surface area contributed by atoms with Gasteiger partial charge in [-0.25, -0.2) is 0 Å². The molecule has 1 saturated carbocycles. The molecule has 2 aliphatic rings. The van der Waals surface area contributed by atoms with Crippen molar-refractivity contribution in [2.45, 2.75) is 89.2 Å². The number of aryl methyl sites for hydroxylation is 1. The number of fused-ring (bicyclic) bond motifs is 1. The van der Waals surface area contributed by atoms with E-state index in [0.29, 0.717) is 12.0 Å². The van der Waals surface area contributed by atoms with Crippen LogP contribution in [0.1, 0.15) is 81.4 Å². The second-order valence-electron chi connectivity index (χ2n) is 9.01. The fourth-order valence-corrected chi connectivity index (χ4v) is 4.79. The van der Waals surface area contributed by atoms with E-state index in [1.54, 1.807) is 11.1 Å². The summed E-state index contributed by atoms with van der Waals surface area (Å²) < 4.78 is 5.65. The minimum Gasteiger partial charge on any atom is -0.394 e. The Morgan fingerprint density at radius 2 is 2.08 bits per heavy atom.